The zero-order chi connectivity index (χ0) is 15.9. The summed E-state index contributed by atoms with van der Waals surface area (Å²) in [6.07, 6.45) is 0. The van der Waals surface area contributed by atoms with Gasteiger partial charge >= 0.3 is 0 Å². The number of para-hydroxylation sites is 1. The lowest BCUT2D eigenvalue weighted by Gasteiger charge is -2.09. The van der Waals surface area contributed by atoms with Crippen molar-refractivity contribution in [3.8, 4) is 5.69 Å². The molecule has 0 fully saturated rings. The molecule has 0 aliphatic carbocycles. The molecule has 0 aliphatic rings. The van der Waals surface area contributed by atoms with Gasteiger partial charge in [-0.2, -0.15) is 5.10 Å². The molecule has 1 aromatic heterocycles. The summed E-state index contributed by atoms with van der Waals surface area (Å²) in [5.41, 5.74) is 6.16. The molecule has 0 unspecified atom stereocenters. The minimum atomic E-state index is 0.415. The van der Waals surface area contributed by atoms with E-state index in [-0.39, 0.29) is 0 Å². The van der Waals surface area contributed by atoms with Crippen LogP contribution in [0.4, 0.5) is 0 Å². The van der Waals surface area contributed by atoms with Crippen molar-refractivity contribution >= 4 is 10.9 Å². The van der Waals surface area contributed by atoms with E-state index in [9.17, 15) is 0 Å². The molecule has 3 aromatic rings. The third-order valence-corrected chi connectivity index (χ3v) is 4.29. The number of aryl methyl sites for hydroxylation is 1. The predicted octanol–water partition coefficient (Wildman–Crippen LogP) is 5.58. The number of rotatable bonds is 3. The van der Waals surface area contributed by atoms with Crippen molar-refractivity contribution in [2.45, 2.75) is 46.5 Å². The maximum atomic E-state index is 4.94. The SMILES string of the molecule is Cc1ccccc1-n1nc(C(C)C)c2ccc(C(C)C)cc21. The number of hydrogen-bond donors (Lipinski definition) is 0. The fraction of sp³-hybridized carbons (Fsp3) is 0.350. The molecular weight excluding hydrogens is 268 g/mol. The van der Waals surface area contributed by atoms with Crippen molar-refractivity contribution in [3.05, 3.63) is 59.3 Å². The van der Waals surface area contributed by atoms with Crippen molar-refractivity contribution in [2.75, 3.05) is 0 Å². The van der Waals surface area contributed by atoms with Gasteiger partial charge in [0.1, 0.15) is 0 Å². The van der Waals surface area contributed by atoms with Gasteiger partial charge in [0.2, 0.25) is 0 Å². The van der Waals surface area contributed by atoms with Gasteiger partial charge in [-0.1, -0.05) is 58.0 Å². The molecule has 2 heteroatoms. The van der Waals surface area contributed by atoms with Gasteiger partial charge in [-0.15, -0.1) is 0 Å². The molecule has 2 nitrogen and oxygen atoms in total. The smallest absolute Gasteiger partial charge is 0.0747 e. The minimum absolute atomic E-state index is 0.415. The van der Waals surface area contributed by atoms with E-state index in [1.54, 1.807) is 0 Å². The Morgan fingerprint density at radius 1 is 0.909 bits per heavy atom. The fourth-order valence-electron chi connectivity index (χ4n) is 2.93. The van der Waals surface area contributed by atoms with E-state index in [2.05, 4.69) is 81.8 Å². The molecule has 0 radical (unpaired) electrons. The Bertz CT molecular complexity index is 810. The van der Waals surface area contributed by atoms with Crippen LogP contribution in [0.25, 0.3) is 16.6 Å². The first-order valence-corrected chi connectivity index (χ1v) is 8.07. The Balaban J connectivity index is 2.33. The minimum Gasteiger partial charge on any atom is -0.233 e. The van der Waals surface area contributed by atoms with Crippen LogP contribution in [0.1, 0.15) is 56.4 Å². The summed E-state index contributed by atoms with van der Waals surface area (Å²) in [6, 6.07) is 15.2. The van der Waals surface area contributed by atoms with Gasteiger partial charge < -0.3 is 0 Å². The number of fused-ring (bicyclic) bond motifs is 1. The fourth-order valence-corrected chi connectivity index (χ4v) is 2.93. The highest BCUT2D eigenvalue weighted by Crippen LogP contribution is 2.30. The first-order chi connectivity index (χ1) is 10.5. The molecule has 1 heterocycles. The van der Waals surface area contributed by atoms with Gasteiger partial charge in [0.15, 0.2) is 0 Å². The van der Waals surface area contributed by atoms with Crippen molar-refractivity contribution < 1.29 is 0 Å². The summed E-state index contributed by atoms with van der Waals surface area (Å²) in [6.45, 7) is 11.0. The van der Waals surface area contributed by atoms with E-state index in [4.69, 9.17) is 5.10 Å². The monoisotopic (exact) mass is 292 g/mol. The summed E-state index contributed by atoms with van der Waals surface area (Å²) in [5.74, 6) is 0.935. The first kappa shape index (κ1) is 14.8. The molecule has 2 aromatic carbocycles. The van der Waals surface area contributed by atoms with Crippen LogP contribution in [0.2, 0.25) is 0 Å². The molecule has 0 saturated carbocycles. The lowest BCUT2D eigenvalue weighted by molar-refractivity contribution is 0.776. The second kappa shape index (κ2) is 5.60. The molecule has 0 saturated heterocycles. The van der Waals surface area contributed by atoms with Crippen LogP contribution < -0.4 is 0 Å². The maximum absolute atomic E-state index is 4.94. The first-order valence-electron chi connectivity index (χ1n) is 8.07. The van der Waals surface area contributed by atoms with Crippen LogP contribution in [0.3, 0.4) is 0 Å². The lowest BCUT2D eigenvalue weighted by atomic mass is 9.99. The summed E-state index contributed by atoms with van der Waals surface area (Å²) in [4.78, 5) is 0. The second-order valence-corrected chi connectivity index (χ2v) is 6.67. The molecule has 114 valence electrons. The van der Waals surface area contributed by atoms with Gasteiger partial charge in [-0.3, -0.25) is 0 Å². The average molecular weight is 292 g/mol. The topological polar surface area (TPSA) is 17.8 Å². The standard InChI is InChI=1S/C20H24N2/c1-13(2)16-10-11-17-19(12-16)22(21-20(17)14(3)4)18-9-7-6-8-15(18)5/h6-14H,1-5H3. The van der Waals surface area contributed by atoms with E-state index < -0.39 is 0 Å². The van der Waals surface area contributed by atoms with Crippen molar-refractivity contribution in [3.63, 3.8) is 0 Å². The summed E-state index contributed by atoms with van der Waals surface area (Å²) < 4.78 is 2.12. The number of benzene rings is 2. The summed E-state index contributed by atoms with van der Waals surface area (Å²) in [5, 5.41) is 6.20. The highest BCUT2D eigenvalue weighted by Gasteiger charge is 2.16. The van der Waals surface area contributed by atoms with Crippen molar-refractivity contribution in [1.29, 1.82) is 0 Å². The van der Waals surface area contributed by atoms with Crippen LogP contribution in [-0.2, 0) is 0 Å². The molecule has 0 spiro atoms. The Labute approximate surface area is 132 Å². The molecular formula is C20H24N2. The Morgan fingerprint density at radius 2 is 1.64 bits per heavy atom. The Hall–Kier alpha value is -2.09. The summed E-state index contributed by atoms with van der Waals surface area (Å²) in [7, 11) is 0. The van der Waals surface area contributed by atoms with Crippen LogP contribution in [0.5, 0.6) is 0 Å². The maximum Gasteiger partial charge on any atom is 0.0747 e. The molecule has 0 N–H and O–H groups in total. The quantitative estimate of drug-likeness (QED) is 0.616. The van der Waals surface area contributed by atoms with Gasteiger partial charge in [0, 0.05) is 5.39 Å². The Morgan fingerprint density at radius 3 is 2.27 bits per heavy atom. The highest BCUT2D eigenvalue weighted by atomic mass is 15.3. The van der Waals surface area contributed by atoms with E-state index in [1.807, 2.05) is 0 Å². The number of aromatic nitrogens is 2. The zero-order valence-electron chi connectivity index (χ0n) is 14.1. The zero-order valence-corrected chi connectivity index (χ0v) is 14.1. The summed E-state index contributed by atoms with van der Waals surface area (Å²) >= 11 is 0. The average Bonchev–Trinajstić information content (AvgIpc) is 2.86. The largest absolute Gasteiger partial charge is 0.233 e. The number of nitrogens with zero attached hydrogens (tertiary/aromatic N) is 2. The Kier molecular flexibility index (Phi) is 3.78. The van der Waals surface area contributed by atoms with Crippen LogP contribution in [0, 0.1) is 6.92 Å². The highest BCUT2D eigenvalue weighted by molar-refractivity contribution is 5.85. The van der Waals surface area contributed by atoms with E-state index in [0.717, 1.165) is 0 Å². The third kappa shape index (κ3) is 2.43. The molecule has 3 rings (SSSR count). The molecule has 0 amide bonds. The van der Waals surface area contributed by atoms with Gasteiger partial charge in [0.05, 0.1) is 16.9 Å². The molecule has 0 bridgehead atoms. The molecule has 0 aliphatic heterocycles. The predicted molar refractivity (Wildman–Crippen MR) is 94.0 cm³/mol. The van der Waals surface area contributed by atoms with Crippen LogP contribution in [0.15, 0.2) is 42.5 Å². The van der Waals surface area contributed by atoms with Crippen LogP contribution in [-0.4, -0.2) is 9.78 Å². The molecule has 22 heavy (non-hydrogen) atoms. The van der Waals surface area contributed by atoms with Gasteiger partial charge in [0.25, 0.3) is 0 Å². The normalized spacial score (nSPS) is 11.8. The van der Waals surface area contributed by atoms with Crippen molar-refractivity contribution in [2.24, 2.45) is 0 Å². The van der Waals surface area contributed by atoms with Crippen molar-refractivity contribution in [1.82, 2.24) is 9.78 Å². The second-order valence-electron chi connectivity index (χ2n) is 6.67. The molecule has 0 atom stereocenters. The van der Waals surface area contributed by atoms with E-state index in [0.29, 0.717) is 11.8 Å². The lowest BCUT2D eigenvalue weighted by Crippen LogP contribution is -2.00. The van der Waals surface area contributed by atoms with E-state index >= 15 is 0 Å². The van der Waals surface area contributed by atoms with Gasteiger partial charge in [-0.05, 0) is 42.0 Å². The number of hydrogen-bond acceptors (Lipinski definition) is 1. The van der Waals surface area contributed by atoms with Gasteiger partial charge in [-0.25, -0.2) is 4.68 Å². The van der Waals surface area contributed by atoms with Crippen LogP contribution >= 0.6 is 0 Å². The van der Waals surface area contributed by atoms with E-state index in [1.165, 1.54) is 33.4 Å². The third-order valence-electron chi connectivity index (χ3n) is 4.29.